The summed E-state index contributed by atoms with van der Waals surface area (Å²) in [6, 6.07) is 5.36. The molecular formula is C18H24N2O5. The first-order chi connectivity index (χ1) is 12.0. The van der Waals surface area contributed by atoms with Crippen LogP contribution in [0.15, 0.2) is 18.2 Å². The number of rotatable bonds is 7. The van der Waals surface area contributed by atoms with E-state index < -0.39 is 0 Å². The van der Waals surface area contributed by atoms with E-state index in [-0.39, 0.29) is 24.5 Å². The average Bonchev–Trinajstić information content (AvgIpc) is 3.17. The minimum atomic E-state index is -0.267. The van der Waals surface area contributed by atoms with Gasteiger partial charge in [0.2, 0.25) is 18.6 Å². The van der Waals surface area contributed by atoms with Gasteiger partial charge in [0.05, 0.1) is 12.5 Å². The van der Waals surface area contributed by atoms with Gasteiger partial charge in [-0.05, 0) is 18.1 Å². The maximum absolute atomic E-state index is 12.2. The van der Waals surface area contributed by atoms with Gasteiger partial charge in [-0.15, -0.1) is 0 Å². The highest BCUT2D eigenvalue weighted by molar-refractivity contribution is 5.89. The van der Waals surface area contributed by atoms with Gasteiger partial charge in [0, 0.05) is 25.6 Å². The molecule has 1 aromatic carbocycles. The van der Waals surface area contributed by atoms with E-state index in [4.69, 9.17) is 14.2 Å². The van der Waals surface area contributed by atoms with E-state index in [0.29, 0.717) is 55.8 Å². The molecule has 0 unspecified atom stereocenters. The molecule has 1 aromatic rings. The van der Waals surface area contributed by atoms with Crippen LogP contribution in [-0.2, 0) is 9.59 Å². The van der Waals surface area contributed by atoms with Crippen LogP contribution in [-0.4, -0.2) is 49.7 Å². The molecule has 0 spiro atoms. The van der Waals surface area contributed by atoms with Gasteiger partial charge in [-0.2, -0.15) is 0 Å². The van der Waals surface area contributed by atoms with Gasteiger partial charge in [-0.25, -0.2) is 0 Å². The second-order valence-corrected chi connectivity index (χ2v) is 6.75. The van der Waals surface area contributed by atoms with E-state index in [2.05, 4.69) is 19.2 Å². The van der Waals surface area contributed by atoms with Crippen molar-refractivity contribution in [2.75, 3.05) is 33.0 Å². The number of benzene rings is 1. The second-order valence-electron chi connectivity index (χ2n) is 6.75. The number of ether oxygens (including phenoxy) is 3. The number of hydrogen-bond acceptors (Lipinski definition) is 5. The Morgan fingerprint density at radius 3 is 2.96 bits per heavy atom. The average molecular weight is 348 g/mol. The highest BCUT2D eigenvalue weighted by Crippen LogP contribution is 2.34. The Labute approximate surface area is 147 Å². The molecule has 2 heterocycles. The Morgan fingerprint density at radius 2 is 2.16 bits per heavy atom. The fourth-order valence-corrected chi connectivity index (χ4v) is 3.02. The van der Waals surface area contributed by atoms with Crippen molar-refractivity contribution in [2.45, 2.75) is 20.3 Å². The zero-order valence-corrected chi connectivity index (χ0v) is 14.6. The monoisotopic (exact) mass is 348 g/mol. The summed E-state index contributed by atoms with van der Waals surface area (Å²) in [5.74, 6) is 2.14. The summed E-state index contributed by atoms with van der Waals surface area (Å²) in [5, 5.41) is 2.84. The van der Waals surface area contributed by atoms with E-state index in [9.17, 15) is 9.59 Å². The van der Waals surface area contributed by atoms with Gasteiger partial charge in [0.15, 0.2) is 11.5 Å². The van der Waals surface area contributed by atoms with Crippen molar-refractivity contribution in [1.82, 2.24) is 10.2 Å². The standard InChI is InChI=1S/C18H24N2O5/c1-12(2)9-20-10-13(7-17(20)21)18(22)19-5-6-23-14-3-4-15-16(8-14)25-11-24-15/h3-4,8,12-13H,5-7,9-11H2,1-2H3,(H,19,22)/t13-/m0/s1. The molecule has 0 aliphatic carbocycles. The molecule has 0 bridgehead atoms. The highest BCUT2D eigenvalue weighted by atomic mass is 16.7. The normalized spacial score (nSPS) is 18.8. The Kier molecular flexibility index (Phi) is 5.31. The largest absolute Gasteiger partial charge is 0.492 e. The van der Waals surface area contributed by atoms with Gasteiger partial charge in [-0.3, -0.25) is 9.59 Å². The number of nitrogens with zero attached hydrogens (tertiary/aromatic N) is 1. The zero-order valence-electron chi connectivity index (χ0n) is 14.6. The van der Waals surface area contributed by atoms with Crippen molar-refractivity contribution in [2.24, 2.45) is 11.8 Å². The van der Waals surface area contributed by atoms with Crippen LogP contribution in [0.5, 0.6) is 17.2 Å². The van der Waals surface area contributed by atoms with Crippen LogP contribution in [0.1, 0.15) is 20.3 Å². The highest BCUT2D eigenvalue weighted by Gasteiger charge is 2.34. The summed E-state index contributed by atoms with van der Waals surface area (Å²) >= 11 is 0. The minimum Gasteiger partial charge on any atom is -0.492 e. The van der Waals surface area contributed by atoms with Crippen molar-refractivity contribution in [3.8, 4) is 17.2 Å². The van der Waals surface area contributed by atoms with Crippen LogP contribution >= 0.6 is 0 Å². The molecule has 1 atom stereocenters. The predicted octanol–water partition coefficient (Wildman–Crippen LogP) is 1.41. The van der Waals surface area contributed by atoms with Gasteiger partial charge >= 0.3 is 0 Å². The van der Waals surface area contributed by atoms with Crippen LogP contribution in [0, 0.1) is 11.8 Å². The molecule has 2 aliphatic rings. The number of carbonyl (C=O) groups is 2. The molecule has 0 aromatic heterocycles. The maximum Gasteiger partial charge on any atom is 0.231 e. The van der Waals surface area contributed by atoms with Crippen LogP contribution in [0.2, 0.25) is 0 Å². The lowest BCUT2D eigenvalue weighted by Crippen LogP contribution is -2.35. The van der Waals surface area contributed by atoms with Gasteiger partial charge < -0.3 is 24.4 Å². The van der Waals surface area contributed by atoms with E-state index in [1.807, 2.05) is 0 Å². The van der Waals surface area contributed by atoms with Gasteiger partial charge in [0.25, 0.3) is 0 Å². The summed E-state index contributed by atoms with van der Waals surface area (Å²) in [6.07, 6.45) is 0.293. The van der Waals surface area contributed by atoms with Gasteiger partial charge in [0.1, 0.15) is 12.4 Å². The molecule has 2 amide bonds. The van der Waals surface area contributed by atoms with Crippen molar-refractivity contribution in [3.63, 3.8) is 0 Å². The van der Waals surface area contributed by atoms with E-state index in [0.717, 1.165) is 0 Å². The molecule has 1 N–H and O–H groups in total. The Balaban J connectivity index is 1.39. The third-order valence-electron chi connectivity index (χ3n) is 4.18. The molecule has 1 saturated heterocycles. The lowest BCUT2D eigenvalue weighted by atomic mass is 10.1. The lowest BCUT2D eigenvalue weighted by molar-refractivity contribution is -0.129. The lowest BCUT2D eigenvalue weighted by Gasteiger charge is -2.18. The SMILES string of the molecule is CC(C)CN1C[C@@H](C(=O)NCCOc2ccc3c(c2)OCO3)CC1=O. The molecular weight excluding hydrogens is 324 g/mol. The van der Waals surface area contributed by atoms with Crippen LogP contribution in [0.25, 0.3) is 0 Å². The number of likely N-dealkylation sites (tertiary alicyclic amines) is 1. The molecule has 136 valence electrons. The molecule has 3 rings (SSSR count). The predicted molar refractivity (Wildman–Crippen MR) is 90.6 cm³/mol. The number of carbonyl (C=O) groups excluding carboxylic acids is 2. The van der Waals surface area contributed by atoms with E-state index in [1.54, 1.807) is 23.1 Å². The maximum atomic E-state index is 12.2. The smallest absolute Gasteiger partial charge is 0.231 e. The molecule has 0 radical (unpaired) electrons. The van der Waals surface area contributed by atoms with Crippen LogP contribution in [0.3, 0.4) is 0 Å². The minimum absolute atomic E-state index is 0.0606. The Bertz CT molecular complexity index is 646. The second kappa shape index (κ2) is 7.63. The zero-order chi connectivity index (χ0) is 17.8. The molecule has 2 aliphatic heterocycles. The quantitative estimate of drug-likeness (QED) is 0.754. The molecule has 7 heteroatoms. The summed E-state index contributed by atoms with van der Waals surface area (Å²) in [7, 11) is 0. The number of amides is 2. The molecule has 0 saturated carbocycles. The number of nitrogens with one attached hydrogen (secondary N) is 1. The van der Waals surface area contributed by atoms with Crippen molar-refractivity contribution >= 4 is 11.8 Å². The third kappa shape index (κ3) is 4.35. The van der Waals surface area contributed by atoms with E-state index in [1.165, 1.54) is 0 Å². The first-order valence-corrected chi connectivity index (χ1v) is 8.61. The Morgan fingerprint density at radius 1 is 1.36 bits per heavy atom. The summed E-state index contributed by atoms with van der Waals surface area (Å²) in [4.78, 5) is 25.9. The van der Waals surface area contributed by atoms with Crippen LogP contribution < -0.4 is 19.5 Å². The van der Waals surface area contributed by atoms with Crippen molar-refractivity contribution < 1.29 is 23.8 Å². The third-order valence-corrected chi connectivity index (χ3v) is 4.18. The Hall–Kier alpha value is -2.44. The summed E-state index contributed by atoms with van der Waals surface area (Å²) in [5.41, 5.74) is 0. The fraction of sp³-hybridized carbons (Fsp3) is 0.556. The number of hydrogen-bond donors (Lipinski definition) is 1. The number of fused-ring (bicyclic) bond motifs is 1. The van der Waals surface area contributed by atoms with Gasteiger partial charge in [-0.1, -0.05) is 13.8 Å². The summed E-state index contributed by atoms with van der Waals surface area (Å²) in [6.45, 7) is 6.30. The van der Waals surface area contributed by atoms with Crippen LogP contribution in [0.4, 0.5) is 0 Å². The topological polar surface area (TPSA) is 77.1 Å². The first-order valence-electron chi connectivity index (χ1n) is 8.61. The fourth-order valence-electron chi connectivity index (χ4n) is 3.02. The molecule has 25 heavy (non-hydrogen) atoms. The van der Waals surface area contributed by atoms with E-state index >= 15 is 0 Å². The summed E-state index contributed by atoms with van der Waals surface area (Å²) < 4.78 is 16.1. The molecule has 1 fully saturated rings. The van der Waals surface area contributed by atoms with Crippen molar-refractivity contribution in [1.29, 1.82) is 0 Å². The van der Waals surface area contributed by atoms with Crippen molar-refractivity contribution in [3.05, 3.63) is 18.2 Å². The first kappa shape index (κ1) is 17.4. The molecule has 7 nitrogen and oxygen atoms in total.